The van der Waals surface area contributed by atoms with Crippen LogP contribution in [-0.2, 0) is 0 Å². The lowest BCUT2D eigenvalue weighted by atomic mass is 10.2. The van der Waals surface area contributed by atoms with Crippen LogP contribution in [0.3, 0.4) is 0 Å². The number of pyridine rings is 1. The summed E-state index contributed by atoms with van der Waals surface area (Å²) in [7, 11) is 5.94. The molecule has 1 fully saturated rings. The summed E-state index contributed by atoms with van der Waals surface area (Å²) in [5.74, 6) is -0.289. The molecule has 1 aliphatic heterocycles. The topological polar surface area (TPSA) is 68.8 Å². The Bertz CT molecular complexity index is 553. The Morgan fingerprint density at radius 3 is 2.61 bits per heavy atom. The number of nitrogens with one attached hydrogen (secondary N) is 1. The molecule has 0 radical (unpaired) electrons. The predicted octanol–water partition coefficient (Wildman–Crippen LogP) is -0.239. The molecular weight excluding hydrogens is 294 g/mol. The molecule has 0 saturated carbocycles. The second-order valence-corrected chi connectivity index (χ2v) is 6.08. The monoisotopic (exact) mass is 319 g/mol. The highest BCUT2D eigenvalue weighted by Gasteiger charge is 2.22. The van der Waals surface area contributed by atoms with Gasteiger partial charge < -0.3 is 20.0 Å². The van der Waals surface area contributed by atoms with E-state index in [1.807, 2.05) is 26.0 Å². The average molecular weight is 319 g/mol. The van der Waals surface area contributed by atoms with Gasteiger partial charge in [-0.1, -0.05) is 0 Å². The van der Waals surface area contributed by atoms with E-state index in [2.05, 4.69) is 15.2 Å². The maximum absolute atomic E-state index is 12.5. The Morgan fingerprint density at radius 1 is 1.26 bits per heavy atom. The number of likely N-dealkylation sites (N-methyl/N-ethyl adjacent to an activating group) is 2. The van der Waals surface area contributed by atoms with Crippen molar-refractivity contribution in [1.29, 1.82) is 0 Å². The zero-order chi connectivity index (χ0) is 16.8. The van der Waals surface area contributed by atoms with Crippen LogP contribution in [0.1, 0.15) is 20.8 Å². The normalized spacial score (nSPS) is 15.7. The van der Waals surface area contributed by atoms with Gasteiger partial charge in [0.05, 0.1) is 0 Å². The highest BCUT2D eigenvalue weighted by Crippen LogP contribution is 2.08. The van der Waals surface area contributed by atoms with Gasteiger partial charge >= 0.3 is 0 Å². The van der Waals surface area contributed by atoms with Crippen molar-refractivity contribution in [1.82, 2.24) is 25.0 Å². The lowest BCUT2D eigenvalue weighted by Gasteiger charge is -2.32. The fourth-order valence-electron chi connectivity index (χ4n) is 2.36. The van der Waals surface area contributed by atoms with Gasteiger partial charge in [0.25, 0.3) is 11.8 Å². The van der Waals surface area contributed by atoms with Gasteiger partial charge in [-0.3, -0.25) is 14.6 Å². The Labute approximate surface area is 137 Å². The summed E-state index contributed by atoms with van der Waals surface area (Å²) < 4.78 is 0. The van der Waals surface area contributed by atoms with Crippen LogP contribution >= 0.6 is 0 Å². The van der Waals surface area contributed by atoms with Gasteiger partial charge in [0.2, 0.25) is 0 Å². The quantitative estimate of drug-likeness (QED) is 0.811. The smallest absolute Gasteiger partial charge is 0.272 e. The van der Waals surface area contributed by atoms with Crippen molar-refractivity contribution in [3.8, 4) is 0 Å². The van der Waals surface area contributed by atoms with Crippen molar-refractivity contribution in [2.75, 3.05) is 60.4 Å². The minimum absolute atomic E-state index is 0.110. The molecule has 0 unspecified atom stereocenters. The molecule has 2 heterocycles. The van der Waals surface area contributed by atoms with Crippen LogP contribution in [-0.4, -0.2) is 91.9 Å². The molecule has 1 N–H and O–H groups in total. The number of nitrogens with zero attached hydrogens (tertiary/aromatic N) is 4. The number of hydrogen-bond acceptors (Lipinski definition) is 5. The molecule has 0 aliphatic carbocycles. The summed E-state index contributed by atoms with van der Waals surface area (Å²) in [4.78, 5) is 34.7. The third-order valence-electron chi connectivity index (χ3n) is 3.88. The fraction of sp³-hybridized carbons (Fsp3) is 0.562. The molecule has 1 aliphatic rings. The second-order valence-electron chi connectivity index (χ2n) is 6.08. The summed E-state index contributed by atoms with van der Waals surface area (Å²) >= 11 is 0. The number of carbonyl (C=O) groups is 2. The van der Waals surface area contributed by atoms with Crippen LogP contribution < -0.4 is 5.32 Å². The molecule has 23 heavy (non-hydrogen) atoms. The van der Waals surface area contributed by atoms with Gasteiger partial charge in [0, 0.05) is 51.0 Å². The maximum atomic E-state index is 12.5. The van der Waals surface area contributed by atoms with E-state index in [-0.39, 0.29) is 11.8 Å². The van der Waals surface area contributed by atoms with E-state index in [0.29, 0.717) is 30.9 Å². The summed E-state index contributed by atoms with van der Waals surface area (Å²) in [6.45, 7) is 4.43. The van der Waals surface area contributed by atoms with E-state index >= 15 is 0 Å². The minimum Gasteiger partial charge on any atom is -0.351 e. The van der Waals surface area contributed by atoms with Crippen molar-refractivity contribution in [3.05, 3.63) is 29.6 Å². The number of rotatable bonds is 5. The first-order chi connectivity index (χ1) is 11.0. The van der Waals surface area contributed by atoms with Crippen molar-refractivity contribution in [2.45, 2.75) is 0 Å². The van der Waals surface area contributed by atoms with Gasteiger partial charge in [-0.05, 0) is 33.3 Å². The largest absolute Gasteiger partial charge is 0.351 e. The summed E-state index contributed by atoms with van der Waals surface area (Å²) in [5.41, 5.74) is 0.797. The van der Waals surface area contributed by atoms with E-state index in [4.69, 9.17) is 0 Å². The van der Waals surface area contributed by atoms with Crippen LogP contribution in [0.4, 0.5) is 0 Å². The summed E-state index contributed by atoms with van der Waals surface area (Å²) in [6.07, 6.45) is 1.52. The van der Waals surface area contributed by atoms with E-state index in [9.17, 15) is 9.59 Å². The van der Waals surface area contributed by atoms with Gasteiger partial charge in [-0.15, -0.1) is 0 Å². The van der Waals surface area contributed by atoms with Crippen LogP contribution in [0, 0.1) is 0 Å². The molecule has 0 atom stereocenters. The van der Waals surface area contributed by atoms with Crippen LogP contribution in [0.2, 0.25) is 0 Å². The first-order valence-corrected chi connectivity index (χ1v) is 7.84. The van der Waals surface area contributed by atoms with E-state index in [1.165, 1.54) is 6.20 Å². The molecule has 0 bridgehead atoms. The number of piperazine rings is 1. The van der Waals surface area contributed by atoms with Gasteiger partial charge in [0.15, 0.2) is 0 Å². The van der Waals surface area contributed by atoms with E-state index < -0.39 is 0 Å². The number of aromatic nitrogens is 1. The third-order valence-corrected chi connectivity index (χ3v) is 3.88. The van der Waals surface area contributed by atoms with Gasteiger partial charge in [0.1, 0.15) is 5.69 Å². The molecule has 2 rings (SSSR count). The highest BCUT2D eigenvalue weighted by molar-refractivity contribution is 5.98. The summed E-state index contributed by atoms with van der Waals surface area (Å²) in [6, 6.07) is 3.21. The number of hydrogen-bond donors (Lipinski definition) is 1. The SMILES string of the molecule is CN(C)CCNC(=O)c1ccnc(C(=O)N2CCN(C)CC2)c1. The number of carbonyl (C=O) groups excluding carboxylic acids is 2. The van der Waals surface area contributed by atoms with Gasteiger partial charge in [-0.2, -0.15) is 0 Å². The van der Waals surface area contributed by atoms with Crippen molar-refractivity contribution < 1.29 is 9.59 Å². The fourth-order valence-corrected chi connectivity index (χ4v) is 2.36. The molecule has 7 nitrogen and oxygen atoms in total. The molecule has 126 valence electrons. The Hall–Kier alpha value is -1.99. The Balaban J connectivity index is 1.98. The van der Waals surface area contributed by atoms with Crippen LogP contribution in [0.15, 0.2) is 18.3 Å². The molecule has 1 saturated heterocycles. The molecule has 2 amide bonds. The lowest BCUT2D eigenvalue weighted by Crippen LogP contribution is -2.47. The van der Waals surface area contributed by atoms with E-state index in [0.717, 1.165) is 19.6 Å². The third kappa shape index (κ3) is 5.01. The molecule has 0 aromatic carbocycles. The van der Waals surface area contributed by atoms with Crippen molar-refractivity contribution in [2.24, 2.45) is 0 Å². The molecular formula is C16H25N5O2. The second kappa shape index (κ2) is 8.03. The zero-order valence-electron chi connectivity index (χ0n) is 14.1. The van der Waals surface area contributed by atoms with Crippen molar-refractivity contribution >= 4 is 11.8 Å². The molecule has 0 spiro atoms. The lowest BCUT2D eigenvalue weighted by molar-refractivity contribution is 0.0658. The predicted molar refractivity (Wildman–Crippen MR) is 88.5 cm³/mol. The Kier molecular flexibility index (Phi) is 6.06. The highest BCUT2D eigenvalue weighted by atomic mass is 16.2. The maximum Gasteiger partial charge on any atom is 0.272 e. The average Bonchev–Trinajstić information content (AvgIpc) is 2.54. The van der Waals surface area contributed by atoms with Gasteiger partial charge in [-0.25, -0.2) is 0 Å². The van der Waals surface area contributed by atoms with Crippen LogP contribution in [0.25, 0.3) is 0 Å². The number of amides is 2. The molecule has 7 heteroatoms. The minimum atomic E-state index is -0.179. The zero-order valence-corrected chi connectivity index (χ0v) is 14.1. The first-order valence-electron chi connectivity index (χ1n) is 7.84. The Morgan fingerprint density at radius 2 is 1.96 bits per heavy atom. The molecule has 1 aromatic heterocycles. The summed E-state index contributed by atoms with van der Waals surface area (Å²) in [5, 5.41) is 2.84. The van der Waals surface area contributed by atoms with Crippen molar-refractivity contribution in [3.63, 3.8) is 0 Å². The molecule has 1 aromatic rings. The first kappa shape index (κ1) is 17.4. The van der Waals surface area contributed by atoms with E-state index in [1.54, 1.807) is 17.0 Å². The standard InChI is InChI=1S/C16H25N5O2/c1-19(2)7-6-18-15(22)13-4-5-17-14(12-13)16(23)21-10-8-20(3)9-11-21/h4-5,12H,6-11H2,1-3H3,(H,18,22). The van der Waals surface area contributed by atoms with Crippen LogP contribution in [0.5, 0.6) is 0 Å².